The van der Waals surface area contributed by atoms with E-state index < -0.39 is 0 Å². The fourth-order valence-corrected chi connectivity index (χ4v) is 5.11. The molecule has 39 heavy (non-hydrogen) atoms. The second kappa shape index (κ2) is 14.0. The quantitative estimate of drug-likeness (QED) is 0.189. The predicted octanol–water partition coefficient (Wildman–Crippen LogP) is 8.01. The zero-order valence-electron chi connectivity index (χ0n) is 23.0. The van der Waals surface area contributed by atoms with Crippen molar-refractivity contribution in [1.29, 1.82) is 0 Å². The standard InChI is InChI=1S/C35H39NO3/c1-2-11-27-17-19-28(20-18-27)21-22-32-35(30-14-7-4-8-15-30)33(38-25-29-12-5-3-6-13-29)24-34(36-32)39-26-31-16-9-10-23-37-31/h3-8,12-15,17-20,24,31H,2,9-11,16,21-23,25-26H2,1H3. The van der Waals surface area contributed by atoms with E-state index in [1.54, 1.807) is 0 Å². The average molecular weight is 522 g/mol. The van der Waals surface area contributed by atoms with E-state index in [9.17, 15) is 0 Å². The Hall–Kier alpha value is -3.63. The van der Waals surface area contributed by atoms with Crippen molar-refractivity contribution < 1.29 is 14.2 Å². The van der Waals surface area contributed by atoms with E-state index in [2.05, 4.69) is 67.6 Å². The van der Waals surface area contributed by atoms with Gasteiger partial charge in [0.15, 0.2) is 0 Å². The first-order valence-electron chi connectivity index (χ1n) is 14.4. The van der Waals surface area contributed by atoms with Gasteiger partial charge in [-0.3, -0.25) is 0 Å². The van der Waals surface area contributed by atoms with Gasteiger partial charge < -0.3 is 14.2 Å². The van der Waals surface area contributed by atoms with Gasteiger partial charge in [-0.15, -0.1) is 0 Å². The van der Waals surface area contributed by atoms with Gasteiger partial charge >= 0.3 is 0 Å². The molecule has 1 aliphatic heterocycles. The summed E-state index contributed by atoms with van der Waals surface area (Å²) in [5, 5.41) is 0. The normalized spacial score (nSPS) is 15.2. The number of aryl methyl sites for hydroxylation is 3. The van der Waals surface area contributed by atoms with Crippen molar-refractivity contribution in [3.8, 4) is 22.8 Å². The molecular weight excluding hydrogens is 482 g/mol. The zero-order valence-corrected chi connectivity index (χ0v) is 23.0. The van der Waals surface area contributed by atoms with Crippen LogP contribution in [0.25, 0.3) is 11.1 Å². The molecule has 0 N–H and O–H groups in total. The van der Waals surface area contributed by atoms with Crippen molar-refractivity contribution in [1.82, 2.24) is 4.98 Å². The monoisotopic (exact) mass is 521 g/mol. The third-order valence-corrected chi connectivity index (χ3v) is 7.24. The molecule has 4 aromatic rings. The highest BCUT2D eigenvalue weighted by atomic mass is 16.5. The molecule has 0 bridgehead atoms. The number of hydrogen-bond acceptors (Lipinski definition) is 4. The Morgan fingerprint density at radius 1 is 0.769 bits per heavy atom. The first kappa shape index (κ1) is 27.0. The van der Waals surface area contributed by atoms with Gasteiger partial charge in [0.25, 0.3) is 0 Å². The maximum Gasteiger partial charge on any atom is 0.217 e. The van der Waals surface area contributed by atoms with Crippen molar-refractivity contribution in [3.63, 3.8) is 0 Å². The van der Waals surface area contributed by atoms with Crippen LogP contribution >= 0.6 is 0 Å². The molecule has 4 heteroatoms. The minimum Gasteiger partial charge on any atom is -0.488 e. The summed E-state index contributed by atoms with van der Waals surface area (Å²) in [6, 6.07) is 31.7. The molecule has 1 fully saturated rings. The van der Waals surface area contributed by atoms with E-state index in [-0.39, 0.29) is 6.10 Å². The summed E-state index contributed by atoms with van der Waals surface area (Å²) in [4.78, 5) is 5.05. The number of ether oxygens (including phenoxy) is 3. The van der Waals surface area contributed by atoms with E-state index in [1.165, 1.54) is 17.5 Å². The van der Waals surface area contributed by atoms with Crippen LogP contribution in [0.4, 0.5) is 0 Å². The van der Waals surface area contributed by atoms with Crippen LogP contribution in [0, 0.1) is 0 Å². The summed E-state index contributed by atoms with van der Waals surface area (Å²) in [5.74, 6) is 1.40. The smallest absolute Gasteiger partial charge is 0.217 e. The lowest BCUT2D eigenvalue weighted by Gasteiger charge is -2.23. The molecule has 5 rings (SSSR count). The fraction of sp³-hybridized carbons (Fsp3) is 0.343. The van der Waals surface area contributed by atoms with E-state index in [0.29, 0.717) is 19.1 Å². The molecule has 1 unspecified atom stereocenters. The molecule has 2 heterocycles. The van der Waals surface area contributed by atoms with Gasteiger partial charge in [-0.25, -0.2) is 4.98 Å². The number of rotatable bonds is 12. The Bertz CT molecular complexity index is 1280. The highest BCUT2D eigenvalue weighted by molar-refractivity contribution is 5.73. The van der Waals surface area contributed by atoms with Gasteiger partial charge in [-0.1, -0.05) is 98.3 Å². The van der Waals surface area contributed by atoms with Crippen LogP contribution in [0.5, 0.6) is 11.6 Å². The van der Waals surface area contributed by atoms with Crippen LogP contribution in [0.15, 0.2) is 91.0 Å². The maximum absolute atomic E-state index is 6.49. The molecule has 0 saturated carbocycles. The largest absolute Gasteiger partial charge is 0.488 e. The van der Waals surface area contributed by atoms with Crippen LogP contribution in [0.1, 0.15) is 55.0 Å². The molecule has 4 nitrogen and oxygen atoms in total. The van der Waals surface area contributed by atoms with Crippen molar-refractivity contribution in [2.45, 2.75) is 64.6 Å². The third-order valence-electron chi connectivity index (χ3n) is 7.24. The lowest BCUT2D eigenvalue weighted by Crippen LogP contribution is -2.26. The molecule has 0 amide bonds. The predicted molar refractivity (Wildman–Crippen MR) is 157 cm³/mol. The Labute approximate surface area is 233 Å². The van der Waals surface area contributed by atoms with Crippen LogP contribution < -0.4 is 9.47 Å². The van der Waals surface area contributed by atoms with E-state index >= 15 is 0 Å². The van der Waals surface area contributed by atoms with Crippen molar-refractivity contribution >= 4 is 0 Å². The molecular formula is C35H39NO3. The second-order valence-electron chi connectivity index (χ2n) is 10.3. The number of pyridine rings is 1. The molecule has 1 atom stereocenters. The molecule has 3 aromatic carbocycles. The summed E-state index contributed by atoms with van der Waals surface area (Å²) in [6.45, 7) is 4.02. The van der Waals surface area contributed by atoms with Crippen LogP contribution in [0.3, 0.4) is 0 Å². The highest BCUT2D eigenvalue weighted by Crippen LogP contribution is 2.37. The first-order valence-corrected chi connectivity index (χ1v) is 14.4. The van der Waals surface area contributed by atoms with Gasteiger partial charge in [0.1, 0.15) is 19.0 Å². The molecule has 0 spiro atoms. The third kappa shape index (κ3) is 7.70. The molecule has 202 valence electrons. The van der Waals surface area contributed by atoms with Gasteiger partial charge in [0, 0.05) is 18.2 Å². The highest BCUT2D eigenvalue weighted by Gasteiger charge is 2.19. The number of benzene rings is 3. The molecule has 1 saturated heterocycles. The maximum atomic E-state index is 6.49. The summed E-state index contributed by atoms with van der Waals surface area (Å²) in [6.07, 6.45) is 7.42. The van der Waals surface area contributed by atoms with E-state index in [1.807, 2.05) is 30.3 Å². The minimum absolute atomic E-state index is 0.119. The summed E-state index contributed by atoms with van der Waals surface area (Å²) >= 11 is 0. The van der Waals surface area contributed by atoms with Crippen LogP contribution in [0.2, 0.25) is 0 Å². The number of nitrogens with zero attached hydrogens (tertiary/aromatic N) is 1. The minimum atomic E-state index is 0.119. The van der Waals surface area contributed by atoms with Crippen LogP contribution in [-0.2, 0) is 30.6 Å². The van der Waals surface area contributed by atoms with Gasteiger partial charge in [-0.2, -0.15) is 0 Å². The Balaban J connectivity index is 1.45. The Morgan fingerprint density at radius 3 is 2.18 bits per heavy atom. The van der Waals surface area contributed by atoms with E-state index in [4.69, 9.17) is 19.2 Å². The second-order valence-corrected chi connectivity index (χ2v) is 10.3. The van der Waals surface area contributed by atoms with E-state index in [0.717, 1.165) is 73.3 Å². The number of aromatic nitrogens is 1. The van der Waals surface area contributed by atoms with Crippen LogP contribution in [-0.4, -0.2) is 24.3 Å². The zero-order chi connectivity index (χ0) is 26.7. The lowest BCUT2D eigenvalue weighted by molar-refractivity contribution is -0.0120. The lowest BCUT2D eigenvalue weighted by atomic mass is 9.97. The fourth-order valence-electron chi connectivity index (χ4n) is 5.11. The topological polar surface area (TPSA) is 40.6 Å². The summed E-state index contributed by atoms with van der Waals surface area (Å²) in [5.41, 5.74) is 6.95. The first-order chi connectivity index (χ1) is 19.3. The van der Waals surface area contributed by atoms with Gasteiger partial charge in [0.05, 0.1) is 11.8 Å². The Kier molecular flexibility index (Phi) is 9.65. The molecule has 1 aliphatic rings. The van der Waals surface area contributed by atoms with Gasteiger partial charge in [-0.05, 0) is 60.8 Å². The molecule has 0 radical (unpaired) electrons. The average Bonchev–Trinajstić information content (AvgIpc) is 3.00. The SMILES string of the molecule is CCCc1ccc(CCc2nc(OCC3CCCCO3)cc(OCc3ccccc3)c2-c2ccccc2)cc1. The molecule has 0 aliphatic carbocycles. The van der Waals surface area contributed by atoms with Gasteiger partial charge in [0.2, 0.25) is 5.88 Å². The molecule has 1 aromatic heterocycles. The van der Waals surface area contributed by atoms with Crippen molar-refractivity contribution in [3.05, 3.63) is 113 Å². The Morgan fingerprint density at radius 2 is 1.49 bits per heavy atom. The summed E-state index contributed by atoms with van der Waals surface area (Å²) < 4.78 is 18.6. The summed E-state index contributed by atoms with van der Waals surface area (Å²) in [7, 11) is 0. The number of hydrogen-bond donors (Lipinski definition) is 0. The van der Waals surface area contributed by atoms with Crippen molar-refractivity contribution in [2.24, 2.45) is 0 Å². The van der Waals surface area contributed by atoms with Crippen molar-refractivity contribution in [2.75, 3.05) is 13.2 Å².